The molecule has 190 valence electrons. The fraction of sp³-hybridized carbons (Fsp3) is 0.207. The third-order valence-corrected chi connectivity index (χ3v) is 7.32. The van der Waals surface area contributed by atoms with E-state index in [4.69, 9.17) is 0 Å². The molecule has 4 aromatic rings. The number of carbonyl (C=O) groups is 2. The number of hydrogen-bond acceptors (Lipinski definition) is 4. The first-order chi connectivity index (χ1) is 17.9. The first-order valence-corrected chi connectivity index (χ1v) is 13.0. The highest BCUT2D eigenvalue weighted by atomic mass is 32.2. The molecule has 37 heavy (non-hydrogen) atoms. The van der Waals surface area contributed by atoms with Crippen molar-refractivity contribution in [2.24, 2.45) is 7.05 Å². The molecule has 0 saturated carbocycles. The zero-order chi connectivity index (χ0) is 26.4. The highest BCUT2D eigenvalue weighted by Gasteiger charge is 2.19. The Kier molecular flexibility index (Phi) is 8.30. The molecule has 0 unspecified atom stereocenters. The van der Waals surface area contributed by atoms with E-state index < -0.39 is 0 Å². The molecule has 0 spiro atoms. The second-order valence-corrected chi connectivity index (χ2v) is 9.81. The molecule has 7 nitrogen and oxygen atoms in total. The van der Waals surface area contributed by atoms with Crippen molar-refractivity contribution in [3.8, 4) is 5.69 Å². The fourth-order valence-electron chi connectivity index (χ4n) is 4.05. The summed E-state index contributed by atoms with van der Waals surface area (Å²) in [6.45, 7) is 4.36. The summed E-state index contributed by atoms with van der Waals surface area (Å²) in [6, 6.07) is 26.5. The van der Waals surface area contributed by atoms with E-state index in [0.717, 1.165) is 11.3 Å². The highest BCUT2D eigenvalue weighted by molar-refractivity contribution is 8.00. The van der Waals surface area contributed by atoms with E-state index in [1.807, 2.05) is 72.8 Å². The standard InChI is InChI=1S/C29H30N4O3S/c1-20(22-12-6-4-7-13-22)18-30-28(35)24-16-10-11-17-25(24)37-19-26(34)31-27-21(2)32(3)33(29(27)36)23-14-8-5-9-15-23/h4-17,20H,18-19H2,1-3H3,(H,30,35)(H,31,34)/t20-/m1/s1. The molecule has 0 aliphatic carbocycles. The number of nitrogens with zero attached hydrogens (tertiary/aromatic N) is 2. The fourth-order valence-corrected chi connectivity index (χ4v) is 4.90. The highest BCUT2D eigenvalue weighted by Crippen LogP contribution is 2.24. The molecule has 0 aliphatic heterocycles. The van der Waals surface area contributed by atoms with Gasteiger partial charge in [-0.15, -0.1) is 11.8 Å². The minimum absolute atomic E-state index is 0.0593. The zero-order valence-corrected chi connectivity index (χ0v) is 21.9. The molecule has 4 rings (SSSR count). The largest absolute Gasteiger partial charge is 0.351 e. The van der Waals surface area contributed by atoms with Crippen molar-refractivity contribution >= 4 is 29.3 Å². The van der Waals surface area contributed by atoms with Crippen molar-refractivity contribution in [2.75, 3.05) is 17.6 Å². The van der Waals surface area contributed by atoms with Gasteiger partial charge in [0, 0.05) is 18.5 Å². The van der Waals surface area contributed by atoms with Crippen molar-refractivity contribution in [1.29, 1.82) is 0 Å². The number of amides is 2. The smallest absolute Gasteiger partial charge is 0.295 e. The number of rotatable bonds is 9. The van der Waals surface area contributed by atoms with Crippen LogP contribution in [0.2, 0.25) is 0 Å². The second-order valence-electron chi connectivity index (χ2n) is 8.79. The SMILES string of the molecule is Cc1c(NC(=O)CSc2ccccc2C(=O)NC[C@@H](C)c2ccccc2)c(=O)n(-c2ccccc2)n1C. The van der Waals surface area contributed by atoms with Gasteiger partial charge in [-0.1, -0.05) is 67.6 Å². The third kappa shape index (κ3) is 6.03. The Labute approximate surface area is 220 Å². The Hall–Kier alpha value is -4.04. The van der Waals surface area contributed by atoms with Crippen LogP contribution in [-0.2, 0) is 11.8 Å². The van der Waals surface area contributed by atoms with E-state index >= 15 is 0 Å². The van der Waals surface area contributed by atoms with Crippen molar-refractivity contribution in [1.82, 2.24) is 14.7 Å². The van der Waals surface area contributed by atoms with Crippen LogP contribution >= 0.6 is 11.8 Å². The minimum Gasteiger partial charge on any atom is -0.351 e. The Balaban J connectivity index is 1.40. The van der Waals surface area contributed by atoms with Crippen LogP contribution in [0.15, 0.2) is 94.6 Å². The van der Waals surface area contributed by atoms with Gasteiger partial charge >= 0.3 is 0 Å². The molecule has 1 heterocycles. The molecule has 0 bridgehead atoms. The number of para-hydroxylation sites is 1. The molecular formula is C29H30N4O3S. The second kappa shape index (κ2) is 11.8. The van der Waals surface area contributed by atoms with Crippen LogP contribution in [0.25, 0.3) is 5.69 Å². The summed E-state index contributed by atoms with van der Waals surface area (Å²) in [6.07, 6.45) is 0. The van der Waals surface area contributed by atoms with E-state index in [9.17, 15) is 14.4 Å². The van der Waals surface area contributed by atoms with Crippen LogP contribution in [-0.4, -0.2) is 33.5 Å². The molecule has 0 saturated heterocycles. The van der Waals surface area contributed by atoms with E-state index in [1.54, 1.807) is 30.8 Å². The molecular weight excluding hydrogens is 484 g/mol. The number of thioether (sulfide) groups is 1. The van der Waals surface area contributed by atoms with Crippen LogP contribution in [0.4, 0.5) is 5.69 Å². The molecule has 0 fully saturated rings. The van der Waals surface area contributed by atoms with Gasteiger partial charge in [0.2, 0.25) is 5.91 Å². The number of aromatic nitrogens is 2. The molecule has 2 amide bonds. The van der Waals surface area contributed by atoms with Crippen LogP contribution in [0, 0.1) is 6.92 Å². The van der Waals surface area contributed by atoms with E-state index in [2.05, 4.69) is 17.6 Å². The summed E-state index contributed by atoms with van der Waals surface area (Å²) in [7, 11) is 1.78. The lowest BCUT2D eigenvalue weighted by Gasteiger charge is -2.14. The van der Waals surface area contributed by atoms with Gasteiger partial charge in [0.25, 0.3) is 11.5 Å². The van der Waals surface area contributed by atoms with E-state index in [1.165, 1.54) is 16.4 Å². The summed E-state index contributed by atoms with van der Waals surface area (Å²) in [5.74, 6) is -0.270. The van der Waals surface area contributed by atoms with Gasteiger partial charge in [0.05, 0.1) is 22.7 Å². The quantitative estimate of drug-likeness (QED) is 0.316. The zero-order valence-electron chi connectivity index (χ0n) is 21.1. The Morgan fingerprint density at radius 2 is 1.54 bits per heavy atom. The first kappa shape index (κ1) is 26.0. The third-order valence-electron chi connectivity index (χ3n) is 6.25. The van der Waals surface area contributed by atoms with Crippen molar-refractivity contribution in [3.63, 3.8) is 0 Å². The minimum atomic E-state index is -0.316. The van der Waals surface area contributed by atoms with Crippen LogP contribution in [0.3, 0.4) is 0 Å². The summed E-state index contributed by atoms with van der Waals surface area (Å²) in [5.41, 5.74) is 3.00. The van der Waals surface area contributed by atoms with Crippen LogP contribution < -0.4 is 16.2 Å². The molecule has 0 aliphatic rings. The number of benzene rings is 3. The number of nitrogens with one attached hydrogen (secondary N) is 2. The lowest BCUT2D eigenvalue weighted by molar-refractivity contribution is -0.113. The summed E-state index contributed by atoms with van der Waals surface area (Å²) < 4.78 is 3.24. The van der Waals surface area contributed by atoms with Gasteiger partial charge in [-0.05, 0) is 42.7 Å². The van der Waals surface area contributed by atoms with E-state index in [0.29, 0.717) is 22.7 Å². The first-order valence-electron chi connectivity index (χ1n) is 12.1. The summed E-state index contributed by atoms with van der Waals surface area (Å²) in [4.78, 5) is 39.5. The van der Waals surface area contributed by atoms with Crippen LogP contribution in [0.1, 0.15) is 34.5 Å². The van der Waals surface area contributed by atoms with Gasteiger partial charge in [0.15, 0.2) is 0 Å². The molecule has 3 aromatic carbocycles. The predicted octanol–water partition coefficient (Wildman–Crippen LogP) is 4.75. The average Bonchev–Trinajstić information content (AvgIpc) is 3.14. The topological polar surface area (TPSA) is 85.1 Å². The predicted molar refractivity (Wildman–Crippen MR) is 149 cm³/mol. The maximum absolute atomic E-state index is 13.1. The Morgan fingerprint density at radius 1 is 0.919 bits per heavy atom. The number of carbonyl (C=O) groups excluding carboxylic acids is 2. The lowest BCUT2D eigenvalue weighted by atomic mass is 10.0. The van der Waals surface area contributed by atoms with Gasteiger partial charge in [0.1, 0.15) is 5.69 Å². The van der Waals surface area contributed by atoms with Crippen LogP contribution in [0.5, 0.6) is 0 Å². The molecule has 2 N–H and O–H groups in total. The Morgan fingerprint density at radius 3 is 2.24 bits per heavy atom. The molecule has 1 aromatic heterocycles. The maximum atomic E-state index is 13.1. The van der Waals surface area contributed by atoms with Crippen molar-refractivity contribution < 1.29 is 9.59 Å². The molecule has 0 radical (unpaired) electrons. The summed E-state index contributed by atoms with van der Waals surface area (Å²) >= 11 is 1.26. The van der Waals surface area contributed by atoms with Crippen molar-refractivity contribution in [3.05, 3.63) is 112 Å². The van der Waals surface area contributed by atoms with Gasteiger partial charge in [-0.25, -0.2) is 4.68 Å². The van der Waals surface area contributed by atoms with Gasteiger partial charge in [-0.2, -0.15) is 0 Å². The lowest BCUT2D eigenvalue weighted by Crippen LogP contribution is -2.28. The molecule has 1 atom stereocenters. The van der Waals surface area contributed by atoms with Gasteiger partial charge in [-0.3, -0.25) is 19.1 Å². The maximum Gasteiger partial charge on any atom is 0.295 e. The van der Waals surface area contributed by atoms with E-state index in [-0.39, 0.29) is 34.7 Å². The molecule has 8 heteroatoms. The normalized spacial score (nSPS) is 11.6. The Bertz CT molecular complexity index is 1450. The summed E-state index contributed by atoms with van der Waals surface area (Å²) in [5, 5.41) is 5.78. The van der Waals surface area contributed by atoms with Crippen molar-refractivity contribution in [2.45, 2.75) is 24.7 Å². The number of hydrogen-bond donors (Lipinski definition) is 2. The van der Waals surface area contributed by atoms with Gasteiger partial charge < -0.3 is 10.6 Å². The monoisotopic (exact) mass is 514 g/mol. The average molecular weight is 515 g/mol. The number of anilines is 1.